The summed E-state index contributed by atoms with van der Waals surface area (Å²) in [7, 11) is 0. The van der Waals surface area contributed by atoms with E-state index in [4.69, 9.17) is 10.4 Å². The number of nitro groups is 1. The van der Waals surface area contributed by atoms with Crippen molar-refractivity contribution in [3.05, 3.63) is 33.1 Å². The molecule has 0 aliphatic rings. The number of aromatic carboxylic acids is 1. The second-order valence-corrected chi connectivity index (χ2v) is 2.76. The lowest BCUT2D eigenvalue weighted by atomic mass is 10.1. The molecule has 0 saturated heterocycles. The van der Waals surface area contributed by atoms with Gasteiger partial charge in [0.15, 0.2) is 11.3 Å². The van der Waals surface area contributed by atoms with Gasteiger partial charge in [0, 0.05) is 0 Å². The van der Waals surface area contributed by atoms with Gasteiger partial charge >= 0.3 is 5.97 Å². The van der Waals surface area contributed by atoms with Crippen LogP contribution in [0, 0.1) is 21.4 Å². The largest absolute Gasteiger partial charge is 0.477 e. The average molecular weight is 243 g/mol. The van der Waals surface area contributed by atoms with E-state index in [1.807, 2.05) is 0 Å². The summed E-state index contributed by atoms with van der Waals surface area (Å²) in [6.45, 7) is 0. The molecule has 0 aromatic carbocycles. The van der Waals surface area contributed by atoms with Crippen LogP contribution in [0.25, 0.3) is 0 Å². The number of hydrogen-bond acceptors (Lipinski definition) is 5. The number of rotatable bonds is 3. The molecule has 0 radical (unpaired) electrons. The third-order valence-corrected chi connectivity index (χ3v) is 1.76. The number of hydrogen-bond donors (Lipinski definition) is 1. The monoisotopic (exact) mass is 243 g/mol. The van der Waals surface area contributed by atoms with E-state index in [0.29, 0.717) is 6.07 Å². The van der Waals surface area contributed by atoms with Crippen LogP contribution in [-0.2, 0) is 0 Å². The summed E-state index contributed by atoms with van der Waals surface area (Å²) in [6, 6.07) is 1.68. The molecule has 0 unspecified atom stereocenters. The van der Waals surface area contributed by atoms with Crippen molar-refractivity contribution < 1.29 is 23.6 Å². The fourth-order valence-corrected chi connectivity index (χ4v) is 1.08. The van der Waals surface area contributed by atoms with E-state index in [1.54, 1.807) is 0 Å². The maximum absolute atomic E-state index is 12.5. The quantitative estimate of drug-likeness (QED) is 0.634. The van der Waals surface area contributed by atoms with Crippen molar-refractivity contribution >= 4 is 11.7 Å². The number of pyridine rings is 1. The van der Waals surface area contributed by atoms with E-state index in [1.165, 1.54) is 6.07 Å². The second-order valence-electron chi connectivity index (χ2n) is 2.76. The molecule has 1 aromatic rings. The van der Waals surface area contributed by atoms with Crippen molar-refractivity contribution in [1.29, 1.82) is 5.26 Å². The average Bonchev–Trinajstić information content (AvgIpc) is 2.26. The fraction of sp³-hybridized carbons (Fsp3) is 0.125. The van der Waals surface area contributed by atoms with Crippen molar-refractivity contribution in [3.63, 3.8) is 0 Å². The van der Waals surface area contributed by atoms with Gasteiger partial charge in [0.25, 0.3) is 12.1 Å². The number of carbonyl (C=O) groups is 1. The van der Waals surface area contributed by atoms with Gasteiger partial charge in [0.1, 0.15) is 11.8 Å². The van der Waals surface area contributed by atoms with E-state index in [0.717, 1.165) is 0 Å². The van der Waals surface area contributed by atoms with Gasteiger partial charge in [-0.1, -0.05) is 0 Å². The highest BCUT2D eigenvalue weighted by Crippen LogP contribution is 2.28. The van der Waals surface area contributed by atoms with Crippen molar-refractivity contribution in [1.82, 2.24) is 4.98 Å². The Morgan fingerprint density at radius 3 is 2.59 bits per heavy atom. The van der Waals surface area contributed by atoms with Crippen LogP contribution in [0.5, 0.6) is 0 Å². The van der Waals surface area contributed by atoms with Crippen molar-refractivity contribution in [3.8, 4) is 6.07 Å². The van der Waals surface area contributed by atoms with Gasteiger partial charge in [-0.25, -0.2) is 18.6 Å². The van der Waals surface area contributed by atoms with Crippen molar-refractivity contribution in [2.75, 3.05) is 0 Å². The van der Waals surface area contributed by atoms with E-state index < -0.39 is 40.0 Å². The Labute approximate surface area is 92.1 Å². The van der Waals surface area contributed by atoms with Gasteiger partial charge in [-0.15, -0.1) is 0 Å². The number of halogens is 2. The van der Waals surface area contributed by atoms with Crippen LogP contribution in [0.4, 0.5) is 14.5 Å². The van der Waals surface area contributed by atoms with Gasteiger partial charge < -0.3 is 5.11 Å². The maximum Gasteiger partial charge on any atom is 0.354 e. The zero-order valence-corrected chi connectivity index (χ0v) is 7.92. The minimum absolute atomic E-state index is 0.465. The molecule has 88 valence electrons. The summed E-state index contributed by atoms with van der Waals surface area (Å²) in [5, 5.41) is 27.6. The Balaban J connectivity index is 3.64. The lowest BCUT2D eigenvalue weighted by Crippen LogP contribution is -2.08. The van der Waals surface area contributed by atoms with Gasteiger partial charge in [-0.3, -0.25) is 10.1 Å². The Hall–Kier alpha value is -2.63. The lowest BCUT2D eigenvalue weighted by Gasteiger charge is -2.04. The van der Waals surface area contributed by atoms with Crippen LogP contribution in [-0.4, -0.2) is 21.0 Å². The molecular weight excluding hydrogens is 240 g/mol. The van der Waals surface area contributed by atoms with Gasteiger partial charge in [0.05, 0.1) is 11.0 Å². The molecule has 0 fully saturated rings. The highest BCUT2D eigenvalue weighted by molar-refractivity contribution is 5.86. The molecule has 0 amide bonds. The van der Waals surface area contributed by atoms with Crippen LogP contribution >= 0.6 is 0 Å². The smallest absolute Gasteiger partial charge is 0.354 e. The molecule has 9 heteroatoms. The minimum atomic E-state index is -3.28. The van der Waals surface area contributed by atoms with Gasteiger partial charge in [-0.2, -0.15) is 5.26 Å². The van der Waals surface area contributed by atoms with E-state index >= 15 is 0 Å². The number of carboxylic acids is 1. The maximum atomic E-state index is 12.5. The Morgan fingerprint density at radius 2 is 2.24 bits per heavy atom. The normalized spacial score (nSPS) is 10.0. The van der Waals surface area contributed by atoms with Gasteiger partial charge in [-0.05, 0) is 0 Å². The molecule has 0 spiro atoms. The zero-order chi connectivity index (χ0) is 13.2. The first kappa shape index (κ1) is 12.4. The topological polar surface area (TPSA) is 117 Å². The zero-order valence-electron chi connectivity index (χ0n) is 7.92. The number of alkyl halides is 2. The summed E-state index contributed by atoms with van der Waals surface area (Å²) < 4.78 is 24.9. The first-order valence-corrected chi connectivity index (χ1v) is 3.99. The first-order valence-electron chi connectivity index (χ1n) is 3.99. The summed E-state index contributed by atoms with van der Waals surface area (Å²) in [5.74, 6) is -1.69. The van der Waals surface area contributed by atoms with Crippen LogP contribution in [0.1, 0.15) is 28.2 Å². The Kier molecular flexibility index (Phi) is 3.28. The Morgan fingerprint density at radius 1 is 1.65 bits per heavy atom. The summed E-state index contributed by atoms with van der Waals surface area (Å²) in [6.07, 6.45) is -3.28. The third-order valence-electron chi connectivity index (χ3n) is 1.76. The molecule has 0 aliphatic heterocycles. The second kappa shape index (κ2) is 4.48. The standard InChI is InChI=1S/C8H3F2N3O4/c9-7(10)6-3(2-11)5(13(16)17)1-4(12-6)8(14)15/h1,7H,(H,14,15). The number of aromatic nitrogens is 1. The lowest BCUT2D eigenvalue weighted by molar-refractivity contribution is -0.385. The molecule has 17 heavy (non-hydrogen) atoms. The molecule has 1 heterocycles. The molecule has 0 bridgehead atoms. The highest BCUT2D eigenvalue weighted by atomic mass is 19.3. The summed E-state index contributed by atoms with van der Waals surface area (Å²) in [5.41, 5.74) is -4.06. The van der Waals surface area contributed by atoms with Crippen molar-refractivity contribution in [2.45, 2.75) is 6.43 Å². The minimum Gasteiger partial charge on any atom is -0.477 e. The molecule has 1 N–H and O–H groups in total. The predicted octanol–water partition coefficient (Wildman–Crippen LogP) is 1.50. The van der Waals surface area contributed by atoms with Crippen molar-refractivity contribution in [2.24, 2.45) is 0 Å². The number of nitrogens with zero attached hydrogens (tertiary/aromatic N) is 3. The molecule has 1 rings (SSSR count). The van der Waals surface area contributed by atoms with Gasteiger partial charge in [0.2, 0.25) is 0 Å². The molecular formula is C8H3F2N3O4. The molecule has 0 atom stereocenters. The number of nitriles is 1. The predicted molar refractivity (Wildman–Crippen MR) is 47.5 cm³/mol. The molecule has 0 aliphatic carbocycles. The first-order chi connectivity index (χ1) is 7.88. The molecule has 0 saturated carbocycles. The fourth-order valence-electron chi connectivity index (χ4n) is 1.08. The van der Waals surface area contributed by atoms with Crippen LogP contribution in [0.15, 0.2) is 6.07 Å². The Bertz CT molecular complexity index is 538. The van der Waals surface area contributed by atoms with E-state index in [-0.39, 0.29) is 0 Å². The van der Waals surface area contributed by atoms with Crippen LogP contribution in [0.3, 0.4) is 0 Å². The highest BCUT2D eigenvalue weighted by Gasteiger charge is 2.27. The number of carboxylic acid groups (broad SMARTS) is 1. The van der Waals surface area contributed by atoms with E-state index in [2.05, 4.69) is 4.98 Å². The van der Waals surface area contributed by atoms with E-state index in [9.17, 15) is 23.7 Å². The van der Waals surface area contributed by atoms with Crippen LogP contribution < -0.4 is 0 Å². The summed E-state index contributed by atoms with van der Waals surface area (Å²) >= 11 is 0. The SMILES string of the molecule is N#Cc1c([N+](=O)[O-])cc(C(=O)O)nc1C(F)F. The molecule has 7 nitrogen and oxygen atoms in total. The third kappa shape index (κ3) is 2.31. The van der Waals surface area contributed by atoms with Crippen LogP contribution in [0.2, 0.25) is 0 Å². The molecule has 1 aromatic heterocycles. The summed E-state index contributed by atoms with van der Waals surface area (Å²) in [4.78, 5) is 23.0.